The van der Waals surface area contributed by atoms with Gasteiger partial charge in [-0.05, 0) is 48.9 Å². The van der Waals surface area contributed by atoms with Crippen LogP contribution < -0.4 is 16.6 Å². The van der Waals surface area contributed by atoms with Crippen molar-refractivity contribution in [1.82, 2.24) is 19.4 Å². The quantitative estimate of drug-likeness (QED) is 0.533. The summed E-state index contributed by atoms with van der Waals surface area (Å²) in [5, 5.41) is 3.13. The van der Waals surface area contributed by atoms with Crippen LogP contribution in [0.1, 0.15) is 38.9 Å². The summed E-state index contributed by atoms with van der Waals surface area (Å²) in [6.07, 6.45) is 3.08. The van der Waals surface area contributed by atoms with Gasteiger partial charge in [-0.25, -0.2) is 4.79 Å². The number of rotatable bonds is 8. The fraction of sp³-hybridized carbons (Fsp3) is 0.462. The molecule has 0 radical (unpaired) electrons. The van der Waals surface area contributed by atoms with E-state index in [-0.39, 0.29) is 37.9 Å². The van der Waals surface area contributed by atoms with Gasteiger partial charge in [-0.3, -0.25) is 23.5 Å². The number of carbonyl (C=O) groups is 2. The molecule has 9 heteroatoms. The van der Waals surface area contributed by atoms with Crippen LogP contribution in [0.4, 0.5) is 0 Å². The number of benzene rings is 1. The van der Waals surface area contributed by atoms with Crippen LogP contribution in [-0.2, 0) is 29.2 Å². The van der Waals surface area contributed by atoms with E-state index >= 15 is 0 Å². The van der Waals surface area contributed by atoms with Gasteiger partial charge in [0.2, 0.25) is 11.8 Å². The molecule has 4 rings (SSSR count). The standard InChI is InChI=1S/C26H32N4O5/c1-18-13-19(2)16-28(15-18)24(32)17-30-22-9-4-3-8-21(22)25(33)29(26(30)34)11-5-10-23(31)27-14-20-7-6-12-35-20/h3-4,6-9,12,18-19H,5,10-11,13-17H2,1-2H3,(H,27,31)/t18-,19-/m0/s1. The summed E-state index contributed by atoms with van der Waals surface area (Å²) in [5.74, 6) is 1.14. The number of carbonyl (C=O) groups excluding carboxylic acids is 2. The van der Waals surface area contributed by atoms with Gasteiger partial charge in [0.15, 0.2) is 0 Å². The molecule has 2 amide bonds. The number of hydrogen-bond acceptors (Lipinski definition) is 5. The predicted octanol–water partition coefficient (Wildman–Crippen LogP) is 2.36. The number of amides is 2. The first-order chi connectivity index (χ1) is 16.8. The number of hydrogen-bond donors (Lipinski definition) is 1. The molecule has 1 saturated heterocycles. The Balaban J connectivity index is 1.51. The third-order valence-electron chi connectivity index (χ3n) is 6.47. The van der Waals surface area contributed by atoms with Gasteiger partial charge in [-0.1, -0.05) is 26.0 Å². The molecule has 1 aromatic carbocycles. The Labute approximate surface area is 203 Å². The van der Waals surface area contributed by atoms with Gasteiger partial charge in [0, 0.05) is 26.1 Å². The van der Waals surface area contributed by atoms with Crippen molar-refractivity contribution >= 4 is 22.7 Å². The van der Waals surface area contributed by atoms with Crippen LogP contribution in [0.25, 0.3) is 10.9 Å². The molecule has 0 bridgehead atoms. The lowest BCUT2D eigenvalue weighted by Gasteiger charge is -2.35. The van der Waals surface area contributed by atoms with Crippen LogP contribution >= 0.6 is 0 Å². The van der Waals surface area contributed by atoms with E-state index in [4.69, 9.17) is 4.42 Å². The summed E-state index contributed by atoms with van der Waals surface area (Å²) in [7, 11) is 0. The van der Waals surface area contributed by atoms with E-state index in [0.29, 0.717) is 48.0 Å². The topological polar surface area (TPSA) is 107 Å². The normalized spacial score (nSPS) is 18.1. The largest absolute Gasteiger partial charge is 0.467 e. The molecular weight excluding hydrogens is 448 g/mol. The van der Waals surface area contributed by atoms with Crippen molar-refractivity contribution in [3.05, 3.63) is 69.3 Å². The van der Waals surface area contributed by atoms with Crippen LogP contribution in [0.3, 0.4) is 0 Å². The van der Waals surface area contributed by atoms with Gasteiger partial charge < -0.3 is 14.6 Å². The van der Waals surface area contributed by atoms with E-state index in [0.717, 1.165) is 11.0 Å². The molecule has 1 aliphatic heterocycles. The van der Waals surface area contributed by atoms with E-state index in [2.05, 4.69) is 19.2 Å². The van der Waals surface area contributed by atoms with Gasteiger partial charge >= 0.3 is 5.69 Å². The summed E-state index contributed by atoms with van der Waals surface area (Å²) >= 11 is 0. The molecule has 1 aliphatic rings. The minimum atomic E-state index is -0.531. The molecule has 3 aromatic rings. The zero-order valence-corrected chi connectivity index (χ0v) is 20.2. The van der Waals surface area contributed by atoms with E-state index < -0.39 is 11.2 Å². The number of fused-ring (bicyclic) bond motifs is 1. The maximum Gasteiger partial charge on any atom is 0.331 e. The Kier molecular flexibility index (Phi) is 7.53. The molecule has 9 nitrogen and oxygen atoms in total. The van der Waals surface area contributed by atoms with Crippen LogP contribution in [0, 0.1) is 11.8 Å². The van der Waals surface area contributed by atoms with Crippen LogP contribution in [-0.4, -0.2) is 38.9 Å². The molecule has 0 aliphatic carbocycles. The second kappa shape index (κ2) is 10.8. The minimum Gasteiger partial charge on any atom is -0.467 e. The van der Waals surface area contributed by atoms with E-state index in [1.807, 2.05) is 4.90 Å². The number of nitrogens with zero attached hydrogens (tertiary/aromatic N) is 3. The van der Waals surface area contributed by atoms with Crippen molar-refractivity contribution in [1.29, 1.82) is 0 Å². The van der Waals surface area contributed by atoms with Crippen LogP contribution in [0.5, 0.6) is 0 Å². The fourth-order valence-electron chi connectivity index (χ4n) is 4.91. The summed E-state index contributed by atoms with van der Waals surface area (Å²) in [6.45, 7) is 5.84. The van der Waals surface area contributed by atoms with Crippen molar-refractivity contribution in [3.8, 4) is 0 Å². The van der Waals surface area contributed by atoms with Crippen molar-refractivity contribution < 1.29 is 14.0 Å². The lowest BCUT2D eigenvalue weighted by Crippen LogP contribution is -2.47. The molecule has 2 aromatic heterocycles. The third kappa shape index (κ3) is 5.72. The first kappa shape index (κ1) is 24.5. The summed E-state index contributed by atoms with van der Waals surface area (Å²) < 4.78 is 7.72. The molecule has 0 spiro atoms. The van der Waals surface area contributed by atoms with Gasteiger partial charge in [0.25, 0.3) is 5.56 Å². The van der Waals surface area contributed by atoms with E-state index in [9.17, 15) is 19.2 Å². The van der Waals surface area contributed by atoms with Gasteiger partial charge in [-0.2, -0.15) is 0 Å². The van der Waals surface area contributed by atoms with E-state index in [1.165, 1.54) is 10.8 Å². The molecule has 0 unspecified atom stereocenters. The highest BCUT2D eigenvalue weighted by atomic mass is 16.3. The number of furan rings is 1. The first-order valence-corrected chi connectivity index (χ1v) is 12.1. The molecule has 2 atom stereocenters. The maximum atomic E-state index is 13.3. The Morgan fingerprint density at radius 1 is 1.03 bits per heavy atom. The van der Waals surface area contributed by atoms with Crippen LogP contribution in [0.2, 0.25) is 0 Å². The number of nitrogens with one attached hydrogen (secondary N) is 1. The molecule has 186 valence electrons. The zero-order chi connectivity index (χ0) is 24.9. The van der Waals surface area contributed by atoms with Crippen molar-refractivity contribution in [2.45, 2.75) is 52.7 Å². The minimum absolute atomic E-state index is 0.0860. The smallest absolute Gasteiger partial charge is 0.331 e. The van der Waals surface area contributed by atoms with Gasteiger partial charge in [0.05, 0.1) is 23.7 Å². The average molecular weight is 481 g/mol. The molecule has 35 heavy (non-hydrogen) atoms. The fourth-order valence-corrected chi connectivity index (χ4v) is 4.91. The van der Waals surface area contributed by atoms with Gasteiger partial charge in [0.1, 0.15) is 12.3 Å². The highest BCUT2D eigenvalue weighted by Crippen LogP contribution is 2.21. The SMILES string of the molecule is C[C@H]1C[C@H](C)CN(C(=O)Cn2c(=O)n(CCCC(=O)NCc3ccco3)c(=O)c3ccccc32)C1. The zero-order valence-electron chi connectivity index (χ0n) is 20.2. The lowest BCUT2D eigenvalue weighted by molar-refractivity contribution is -0.134. The monoisotopic (exact) mass is 480 g/mol. The Hall–Kier alpha value is -3.62. The Morgan fingerprint density at radius 3 is 2.49 bits per heavy atom. The molecule has 1 fully saturated rings. The van der Waals surface area contributed by atoms with Crippen molar-refractivity contribution in [2.24, 2.45) is 11.8 Å². The second-order valence-corrected chi connectivity index (χ2v) is 9.55. The lowest BCUT2D eigenvalue weighted by atomic mass is 9.92. The number of likely N-dealkylation sites (tertiary alicyclic amines) is 1. The highest BCUT2D eigenvalue weighted by molar-refractivity contribution is 5.81. The molecular formula is C26H32N4O5. The highest BCUT2D eigenvalue weighted by Gasteiger charge is 2.26. The molecule has 1 N–H and O–H groups in total. The number of piperidine rings is 1. The van der Waals surface area contributed by atoms with Crippen molar-refractivity contribution in [3.63, 3.8) is 0 Å². The van der Waals surface area contributed by atoms with Crippen molar-refractivity contribution in [2.75, 3.05) is 13.1 Å². The number of aromatic nitrogens is 2. The number of para-hydroxylation sites is 1. The third-order valence-corrected chi connectivity index (χ3v) is 6.47. The molecule has 3 heterocycles. The van der Waals surface area contributed by atoms with E-state index in [1.54, 1.807) is 36.4 Å². The summed E-state index contributed by atoms with van der Waals surface area (Å²) in [6, 6.07) is 10.4. The summed E-state index contributed by atoms with van der Waals surface area (Å²) in [5.41, 5.74) is -0.497. The maximum absolute atomic E-state index is 13.3. The Bertz CT molecular complexity index is 1300. The average Bonchev–Trinajstić information content (AvgIpc) is 3.35. The first-order valence-electron chi connectivity index (χ1n) is 12.1. The Morgan fingerprint density at radius 2 is 1.77 bits per heavy atom. The van der Waals surface area contributed by atoms with Crippen LogP contribution in [0.15, 0.2) is 56.7 Å². The second-order valence-electron chi connectivity index (χ2n) is 9.55. The molecule has 0 saturated carbocycles. The summed E-state index contributed by atoms with van der Waals surface area (Å²) in [4.78, 5) is 53.6. The predicted molar refractivity (Wildman–Crippen MR) is 132 cm³/mol. The van der Waals surface area contributed by atoms with Gasteiger partial charge in [-0.15, -0.1) is 0 Å².